The van der Waals surface area contributed by atoms with E-state index in [1.54, 1.807) is 68.1 Å². The number of β-lactam (4-membered cyclic amide) rings is 2. The van der Waals surface area contributed by atoms with Gasteiger partial charge in [0.2, 0.25) is 49.0 Å². The maximum atomic E-state index is 13.9. The Morgan fingerprint density at radius 1 is 0.427 bits per heavy atom. The van der Waals surface area contributed by atoms with Gasteiger partial charge in [-0.2, -0.15) is 0 Å². The molecule has 30 nitrogen and oxygen atoms in total. The third-order valence-corrected chi connectivity index (χ3v) is 21.4. The molecule has 6 heterocycles. The molecule has 0 unspecified atom stereocenters. The highest BCUT2D eigenvalue weighted by atomic mass is 16.7. The van der Waals surface area contributed by atoms with Crippen molar-refractivity contribution in [1.82, 2.24) is 50.7 Å². The first-order valence-electron chi connectivity index (χ1n) is 39.0. The van der Waals surface area contributed by atoms with Gasteiger partial charge in [-0.1, -0.05) is 66.5 Å². The van der Waals surface area contributed by atoms with E-state index >= 15 is 0 Å². The predicted octanol–water partition coefficient (Wildman–Crippen LogP) is 8.26. The lowest BCUT2D eigenvalue weighted by Crippen LogP contribution is -2.73. The van der Waals surface area contributed by atoms with Crippen LogP contribution in [-0.4, -0.2) is 233 Å². The van der Waals surface area contributed by atoms with Gasteiger partial charge in [0.15, 0.2) is 35.5 Å². The standard InChI is InChI=1S/C80H108N10O20/c1-7-15-61(57-23-29-63-65(51-57)107-53-105-63)83-77(99)89-73(97)79(9-3,10-4)75(89)109-59-25-19-55(20-26-59)71(95)87-39-35-85(36-40-87)69(93)17-13-43-101-47-49-103-45-33-81-67(91)31-32-68(92)82-34-46-104-50-48-102-44-14-18-70(94)86-37-41-88(42-38-86)72(96)56-21-27-60(28-22-56)110-76-80(11-5,12-6)74(98)90(76)78(100)84-62(16-8-2)58-24-30-64-66(52-58)108-54-106-64/h19-30,51-52,61-62,75-76H,7-18,31-50,53-54H2,1-6H3,(H,81,91)(H,82,92)(H,83,99)(H,84,100)/t61-,62-,75+,76+/m1/s1. The summed E-state index contributed by atoms with van der Waals surface area (Å²) in [6.07, 6.45) is 4.63. The molecule has 4 fully saturated rings. The zero-order valence-electron chi connectivity index (χ0n) is 64.3. The summed E-state index contributed by atoms with van der Waals surface area (Å²) in [5.41, 5.74) is 0.770. The summed E-state index contributed by atoms with van der Waals surface area (Å²) < 4.78 is 57.4. The molecule has 4 atom stereocenters. The molecule has 0 radical (unpaired) electrons. The Hall–Kier alpha value is -9.78. The van der Waals surface area contributed by atoms with E-state index in [0.717, 1.165) is 33.8 Å². The molecule has 598 valence electrons. The number of carbonyl (C=O) groups is 10. The van der Waals surface area contributed by atoms with E-state index in [1.807, 2.05) is 77.9 Å². The summed E-state index contributed by atoms with van der Waals surface area (Å²) in [6, 6.07) is 22.6. The van der Waals surface area contributed by atoms with Crippen LogP contribution in [-0.2, 0) is 47.7 Å². The number of fused-ring (bicyclic) bond motifs is 2. The van der Waals surface area contributed by atoms with Gasteiger partial charge in [0.1, 0.15) is 22.3 Å². The van der Waals surface area contributed by atoms with Crippen LogP contribution in [0.1, 0.15) is 175 Å². The minimum absolute atomic E-state index is 0.0123. The Labute approximate surface area is 643 Å². The van der Waals surface area contributed by atoms with Gasteiger partial charge in [0.05, 0.1) is 51.7 Å². The molecule has 0 aliphatic carbocycles. The fourth-order valence-electron chi connectivity index (χ4n) is 14.5. The second-order valence-electron chi connectivity index (χ2n) is 28.1. The lowest BCUT2D eigenvalue weighted by molar-refractivity contribution is -0.191. The summed E-state index contributed by atoms with van der Waals surface area (Å²) in [6.45, 7) is 18.0. The van der Waals surface area contributed by atoms with E-state index in [-0.39, 0.29) is 112 Å². The summed E-state index contributed by atoms with van der Waals surface area (Å²) in [4.78, 5) is 142. The first-order valence-corrected chi connectivity index (χ1v) is 39.0. The van der Waals surface area contributed by atoms with Gasteiger partial charge in [-0.3, -0.25) is 38.4 Å². The zero-order valence-corrected chi connectivity index (χ0v) is 64.3. The van der Waals surface area contributed by atoms with Gasteiger partial charge in [0, 0.05) is 115 Å². The second kappa shape index (κ2) is 40.2. The lowest BCUT2D eigenvalue weighted by atomic mass is 9.72. The maximum Gasteiger partial charge on any atom is 0.327 e. The number of rotatable bonds is 41. The number of piperazine rings is 2. The van der Waals surface area contributed by atoms with Crippen LogP contribution < -0.4 is 49.7 Å². The van der Waals surface area contributed by atoms with Crippen molar-refractivity contribution in [3.05, 3.63) is 107 Å². The predicted molar refractivity (Wildman–Crippen MR) is 401 cm³/mol. The molecule has 6 aliphatic heterocycles. The van der Waals surface area contributed by atoms with Crippen LogP contribution in [0.5, 0.6) is 34.5 Å². The van der Waals surface area contributed by atoms with Gasteiger partial charge in [-0.05, 0) is 135 Å². The SMILES string of the molecule is CCC[C@@H](NC(=O)N1C(=O)C(CC)(CC)[C@@H]1Oc1ccc(C(=O)N2CCN(C(=O)CCCOCCOCCNC(=O)CCC(=O)NCCOCCOCCCC(=O)N3CCN(C(=O)c4ccc(O[C@@H]5N(C(=O)N[C@H](CCC)c6ccc7c(c6)OCO7)C(=O)C5(CC)CC)cc4)CC3)CC2)cc1)c1ccc2c(c1)OCO2. The monoisotopic (exact) mass is 1530 g/mol. The highest BCUT2D eigenvalue weighted by molar-refractivity contribution is 6.04. The number of nitrogens with zero attached hydrogens (tertiary/aromatic N) is 6. The zero-order chi connectivity index (χ0) is 78.2. The number of carbonyl (C=O) groups excluding carboxylic acids is 10. The van der Waals surface area contributed by atoms with Crippen molar-refractivity contribution in [1.29, 1.82) is 0 Å². The third-order valence-electron chi connectivity index (χ3n) is 21.4. The van der Waals surface area contributed by atoms with Crippen LogP contribution in [0.4, 0.5) is 9.59 Å². The van der Waals surface area contributed by atoms with E-state index in [9.17, 15) is 47.9 Å². The highest BCUT2D eigenvalue weighted by Gasteiger charge is 2.64. The number of likely N-dealkylation sites (tertiary alicyclic amines) is 2. The number of imide groups is 2. The van der Waals surface area contributed by atoms with Gasteiger partial charge in [-0.15, -0.1) is 0 Å². The molecule has 4 saturated heterocycles. The number of hydrogen-bond acceptors (Lipinski definition) is 20. The number of hydrogen-bond donors (Lipinski definition) is 4. The quantitative estimate of drug-likeness (QED) is 0.0240. The van der Waals surface area contributed by atoms with Crippen molar-refractivity contribution in [3.8, 4) is 34.5 Å². The topological polar surface area (TPSA) is 331 Å². The smallest absolute Gasteiger partial charge is 0.327 e. The molecule has 6 aliphatic rings. The minimum atomic E-state index is -0.897. The molecule has 0 spiro atoms. The number of benzene rings is 4. The fourth-order valence-corrected chi connectivity index (χ4v) is 14.5. The molecule has 4 aromatic rings. The first-order chi connectivity index (χ1) is 53.4. The average molecular weight is 1530 g/mol. The Bertz CT molecular complexity index is 3560. The van der Waals surface area contributed by atoms with Gasteiger partial charge in [-0.25, -0.2) is 19.4 Å². The van der Waals surface area contributed by atoms with Crippen molar-refractivity contribution in [2.75, 3.05) is 132 Å². The molecule has 4 N–H and O–H groups in total. The van der Waals surface area contributed by atoms with Crippen molar-refractivity contribution in [3.63, 3.8) is 0 Å². The van der Waals surface area contributed by atoms with Gasteiger partial charge >= 0.3 is 12.1 Å². The van der Waals surface area contributed by atoms with Crippen molar-refractivity contribution in [2.24, 2.45) is 10.8 Å². The van der Waals surface area contributed by atoms with E-state index in [2.05, 4.69) is 21.3 Å². The van der Waals surface area contributed by atoms with E-state index in [0.29, 0.717) is 202 Å². The Morgan fingerprint density at radius 2 is 0.773 bits per heavy atom. The van der Waals surface area contributed by atoms with Crippen LogP contribution in [0.25, 0.3) is 0 Å². The summed E-state index contributed by atoms with van der Waals surface area (Å²) in [7, 11) is 0. The van der Waals surface area contributed by atoms with Crippen LogP contribution in [0.15, 0.2) is 84.9 Å². The molecule has 12 amide bonds. The van der Waals surface area contributed by atoms with Crippen molar-refractivity contribution >= 4 is 59.3 Å². The van der Waals surface area contributed by atoms with E-state index in [1.165, 1.54) is 0 Å². The summed E-state index contributed by atoms with van der Waals surface area (Å²) in [5, 5.41) is 11.6. The largest absolute Gasteiger partial charge is 0.469 e. The Morgan fingerprint density at radius 3 is 1.13 bits per heavy atom. The highest BCUT2D eigenvalue weighted by Crippen LogP contribution is 2.48. The minimum Gasteiger partial charge on any atom is -0.469 e. The Balaban J connectivity index is 0.500. The number of ether oxygens (including phenoxy) is 10. The first kappa shape index (κ1) is 82.7. The molecular formula is C80H108N10O20. The molecule has 0 bridgehead atoms. The average Bonchev–Trinajstić information content (AvgIpc) is 0.759. The maximum absolute atomic E-state index is 13.9. The Kier molecular flexibility index (Phi) is 30.3. The van der Waals surface area contributed by atoms with E-state index in [4.69, 9.17) is 47.4 Å². The van der Waals surface area contributed by atoms with Crippen molar-refractivity contribution in [2.45, 2.75) is 156 Å². The summed E-state index contributed by atoms with van der Waals surface area (Å²) >= 11 is 0. The fraction of sp³-hybridized carbons (Fsp3) is 0.575. The van der Waals surface area contributed by atoms with Gasteiger partial charge in [0.25, 0.3) is 11.8 Å². The second-order valence-corrected chi connectivity index (χ2v) is 28.1. The van der Waals surface area contributed by atoms with Crippen LogP contribution in [0.2, 0.25) is 0 Å². The molecule has 30 heteroatoms. The normalized spacial score (nSPS) is 17.9. The lowest BCUT2D eigenvalue weighted by Gasteiger charge is -2.53. The molecule has 0 saturated carbocycles. The van der Waals surface area contributed by atoms with E-state index < -0.39 is 35.3 Å². The third kappa shape index (κ3) is 20.4. The number of nitrogens with one attached hydrogen (secondary N) is 4. The van der Waals surface area contributed by atoms with Crippen LogP contribution >= 0.6 is 0 Å². The molecule has 4 aromatic carbocycles. The molecule has 110 heavy (non-hydrogen) atoms. The van der Waals surface area contributed by atoms with Crippen LogP contribution in [0.3, 0.4) is 0 Å². The molecule has 0 aromatic heterocycles. The van der Waals surface area contributed by atoms with Crippen molar-refractivity contribution < 1.29 is 95.3 Å². The summed E-state index contributed by atoms with van der Waals surface area (Å²) in [5.74, 6) is 1.74. The molecule has 10 rings (SSSR count). The molecular weight excluding hydrogens is 1420 g/mol. The number of urea groups is 2. The van der Waals surface area contributed by atoms with Gasteiger partial charge < -0.3 is 88.2 Å². The van der Waals surface area contributed by atoms with Crippen LogP contribution in [0, 0.1) is 10.8 Å². The number of amides is 12.